The molecule has 0 spiro atoms. The van der Waals surface area contributed by atoms with Crippen LogP contribution in [0.15, 0.2) is 0 Å². The zero-order valence-corrected chi connectivity index (χ0v) is 7.80. The summed E-state index contributed by atoms with van der Waals surface area (Å²) in [6.45, 7) is 3.50. The maximum Gasteiger partial charge on any atom is 0.336 e. The molecule has 0 saturated heterocycles. The average molecular weight is 196 g/mol. The molecule has 6 heteroatoms. The van der Waals surface area contributed by atoms with Crippen molar-refractivity contribution in [1.29, 1.82) is 0 Å². The number of esters is 1. The van der Waals surface area contributed by atoms with Crippen LogP contribution < -0.4 is 0 Å². The van der Waals surface area contributed by atoms with Crippen molar-refractivity contribution in [3.8, 4) is 0 Å². The summed E-state index contributed by atoms with van der Waals surface area (Å²) in [4.78, 5) is 10.8. The van der Waals surface area contributed by atoms with Gasteiger partial charge in [-0.3, -0.25) is 8.74 Å². The highest BCUT2D eigenvalue weighted by Gasteiger charge is 2.16. The van der Waals surface area contributed by atoms with E-state index in [1.54, 1.807) is 0 Å². The number of hydrogen-bond acceptors (Lipinski definition) is 4. The predicted octanol–water partition coefficient (Wildman–Crippen LogP) is 0.481. The summed E-state index contributed by atoms with van der Waals surface area (Å²) in [5.74, 6) is -0.626. The van der Waals surface area contributed by atoms with Gasteiger partial charge in [0.1, 0.15) is 0 Å². The van der Waals surface area contributed by atoms with Gasteiger partial charge >= 0.3 is 17.3 Å². The number of carbonyl (C=O) groups excluding carboxylic acids is 1. The van der Waals surface area contributed by atoms with Crippen LogP contribution in [0.5, 0.6) is 0 Å². The van der Waals surface area contributed by atoms with Gasteiger partial charge in [0.05, 0.1) is 6.61 Å². The Labute approximate surface area is 73.5 Å². The van der Waals surface area contributed by atoms with E-state index >= 15 is 0 Å². The van der Waals surface area contributed by atoms with Gasteiger partial charge in [-0.1, -0.05) is 6.92 Å². The van der Waals surface area contributed by atoms with Crippen molar-refractivity contribution in [3.63, 3.8) is 0 Å². The molecule has 0 aromatic rings. The third kappa shape index (κ3) is 5.22. The van der Waals surface area contributed by atoms with E-state index in [-0.39, 0.29) is 0 Å². The van der Waals surface area contributed by atoms with Gasteiger partial charge in [0.15, 0.2) is 6.10 Å². The van der Waals surface area contributed by atoms with Crippen LogP contribution >= 0.6 is 0 Å². The second-order valence-corrected chi connectivity index (χ2v) is 2.75. The highest BCUT2D eigenvalue weighted by Crippen LogP contribution is 1.96. The van der Waals surface area contributed by atoms with E-state index in [2.05, 4.69) is 8.92 Å². The first-order valence-corrected chi connectivity index (χ1v) is 4.55. The fourth-order valence-corrected chi connectivity index (χ4v) is 0.808. The molecule has 72 valence electrons. The molecule has 12 heavy (non-hydrogen) atoms. The molecule has 0 amide bonds. The van der Waals surface area contributed by atoms with Gasteiger partial charge in [-0.05, 0) is 13.3 Å². The molecule has 0 aliphatic carbocycles. The summed E-state index contributed by atoms with van der Waals surface area (Å²) in [5.41, 5.74) is 0. The molecule has 0 fully saturated rings. The van der Waals surface area contributed by atoms with Gasteiger partial charge in [-0.15, -0.1) is 0 Å². The second-order valence-electron chi connectivity index (χ2n) is 2.12. The van der Waals surface area contributed by atoms with Crippen LogP contribution in [-0.4, -0.2) is 27.4 Å². The normalized spacial score (nSPS) is 15.2. The van der Waals surface area contributed by atoms with Crippen LogP contribution in [0.1, 0.15) is 20.3 Å². The van der Waals surface area contributed by atoms with Crippen molar-refractivity contribution in [2.75, 3.05) is 6.61 Å². The molecule has 0 heterocycles. The predicted molar refractivity (Wildman–Crippen MR) is 42.6 cm³/mol. The zero-order chi connectivity index (χ0) is 9.56. The lowest BCUT2D eigenvalue weighted by Gasteiger charge is -2.08. The summed E-state index contributed by atoms with van der Waals surface area (Å²) < 4.78 is 27.2. The summed E-state index contributed by atoms with van der Waals surface area (Å²) in [6.07, 6.45) is -0.289. The fraction of sp³-hybridized carbons (Fsp3) is 0.833. The Morgan fingerprint density at radius 1 is 1.67 bits per heavy atom. The Hall–Kier alpha value is -0.460. The van der Waals surface area contributed by atoms with E-state index in [0.717, 1.165) is 0 Å². The van der Waals surface area contributed by atoms with Crippen molar-refractivity contribution in [2.24, 2.45) is 0 Å². The molecule has 0 aliphatic rings. The van der Waals surface area contributed by atoms with Crippen LogP contribution in [0.3, 0.4) is 0 Å². The Morgan fingerprint density at radius 3 is 2.67 bits per heavy atom. The van der Waals surface area contributed by atoms with Crippen LogP contribution in [0, 0.1) is 0 Å². The van der Waals surface area contributed by atoms with E-state index in [9.17, 15) is 9.00 Å². The van der Waals surface area contributed by atoms with Crippen molar-refractivity contribution in [1.82, 2.24) is 0 Å². The van der Waals surface area contributed by atoms with Crippen LogP contribution in [0.2, 0.25) is 0 Å². The lowest BCUT2D eigenvalue weighted by Crippen LogP contribution is -2.24. The number of rotatable bonds is 5. The second kappa shape index (κ2) is 6.10. The van der Waals surface area contributed by atoms with E-state index in [1.165, 1.54) is 6.92 Å². The van der Waals surface area contributed by atoms with Crippen LogP contribution in [0.25, 0.3) is 0 Å². The Kier molecular flexibility index (Phi) is 5.87. The van der Waals surface area contributed by atoms with E-state index in [1.807, 2.05) is 6.92 Å². The lowest BCUT2D eigenvalue weighted by molar-refractivity contribution is -0.150. The maximum atomic E-state index is 10.8. The fourth-order valence-electron chi connectivity index (χ4n) is 0.483. The van der Waals surface area contributed by atoms with Gasteiger partial charge in [0.25, 0.3) is 0 Å². The minimum atomic E-state index is -2.42. The molecular formula is C6H12O5S. The molecule has 0 radical (unpaired) electrons. The largest absolute Gasteiger partial charge is 0.464 e. The highest BCUT2D eigenvalue weighted by molar-refractivity contribution is 7.74. The van der Waals surface area contributed by atoms with Gasteiger partial charge in [0, 0.05) is 0 Å². The van der Waals surface area contributed by atoms with Crippen molar-refractivity contribution < 1.29 is 22.5 Å². The maximum absolute atomic E-state index is 10.8. The Morgan fingerprint density at radius 2 is 2.25 bits per heavy atom. The molecular weight excluding hydrogens is 184 g/mol. The Balaban J connectivity index is 3.69. The standard InChI is InChI=1S/C6H12O5S/c1-3-4-10-6(7)5(2)11-12(8)9/h5H,3-4H2,1-2H3,(H,8,9). The molecule has 2 atom stereocenters. The monoisotopic (exact) mass is 196 g/mol. The summed E-state index contributed by atoms with van der Waals surface area (Å²) >= 11 is -2.42. The smallest absolute Gasteiger partial charge is 0.336 e. The molecule has 0 aromatic heterocycles. The average Bonchev–Trinajstić information content (AvgIpc) is 1.98. The molecule has 0 aromatic carbocycles. The van der Waals surface area contributed by atoms with Gasteiger partial charge in [-0.25, -0.2) is 4.79 Å². The number of carbonyl (C=O) groups is 1. The first kappa shape index (κ1) is 11.5. The molecule has 0 saturated carbocycles. The van der Waals surface area contributed by atoms with Gasteiger partial charge in [0.2, 0.25) is 0 Å². The molecule has 5 nitrogen and oxygen atoms in total. The summed E-state index contributed by atoms with van der Waals surface area (Å²) in [7, 11) is 0. The topological polar surface area (TPSA) is 72.8 Å². The highest BCUT2D eigenvalue weighted by atomic mass is 32.2. The van der Waals surface area contributed by atoms with Crippen molar-refractivity contribution in [2.45, 2.75) is 26.4 Å². The van der Waals surface area contributed by atoms with E-state index in [0.29, 0.717) is 13.0 Å². The third-order valence-corrected chi connectivity index (χ3v) is 1.46. The lowest BCUT2D eigenvalue weighted by atomic mass is 10.4. The molecule has 1 N–H and O–H groups in total. The quantitative estimate of drug-likeness (QED) is 0.511. The molecule has 2 unspecified atom stereocenters. The Bertz CT molecular complexity index is 169. The minimum absolute atomic E-state index is 0.296. The molecule has 0 bridgehead atoms. The number of ether oxygens (including phenoxy) is 1. The van der Waals surface area contributed by atoms with Crippen LogP contribution in [0.4, 0.5) is 0 Å². The number of hydrogen-bond donors (Lipinski definition) is 1. The summed E-state index contributed by atoms with van der Waals surface area (Å²) in [5, 5.41) is 0. The minimum Gasteiger partial charge on any atom is -0.464 e. The first-order chi connectivity index (χ1) is 5.57. The van der Waals surface area contributed by atoms with Crippen LogP contribution in [-0.2, 0) is 25.1 Å². The van der Waals surface area contributed by atoms with Gasteiger partial charge < -0.3 is 4.74 Å². The van der Waals surface area contributed by atoms with E-state index < -0.39 is 23.4 Å². The SMILES string of the molecule is CCCOC(=O)C(C)OS(=O)O. The van der Waals surface area contributed by atoms with E-state index in [4.69, 9.17) is 4.55 Å². The molecule has 0 rings (SSSR count). The first-order valence-electron chi connectivity index (χ1n) is 3.52. The third-order valence-electron chi connectivity index (χ3n) is 1.01. The van der Waals surface area contributed by atoms with Crippen molar-refractivity contribution in [3.05, 3.63) is 0 Å². The zero-order valence-electron chi connectivity index (χ0n) is 6.98. The van der Waals surface area contributed by atoms with Gasteiger partial charge in [-0.2, -0.15) is 4.21 Å². The van der Waals surface area contributed by atoms with Crippen molar-refractivity contribution >= 4 is 17.3 Å². The summed E-state index contributed by atoms with van der Waals surface area (Å²) in [6, 6.07) is 0. The molecule has 0 aliphatic heterocycles.